The number of rotatable bonds is 6. The third-order valence-corrected chi connectivity index (χ3v) is 7.35. The first-order valence-corrected chi connectivity index (χ1v) is 12.0. The molecule has 0 unspecified atom stereocenters. The fourth-order valence-electron chi connectivity index (χ4n) is 3.71. The number of aryl methyl sites for hydroxylation is 1. The Labute approximate surface area is 188 Å². The van der Waals surface area contributed by atoms with E-state index < -0.39 is 16.1 Å². The molecule has 0 fully saturated rings. The number of carbonyl (C=O) groups excluding carboxylic acids is 1. The lowest BCUT2D eigenvalue weighted by atomic mass is 10.0. The fraction of sp³-hybridized carbons (Fsp3) is 0.240. The van der Waals surface area contributed by atoms with Gasteiger partial charge in [-0.25, -0.2) is 8.42 Å². The van der Waals surface area contributed by atoms with Crippen molar-refractivity contribution >= 4 is 21.6 Å². The van der Waals surface area contributed by atoms with Gasteiger partial charge < -0.3 is 10.1 Å². The van der Waals surface area contributed by atoms with E-state index in [0.29, 0.717) is 18.0 Å². The maximum Gasteiger partial charge on any atom is 0.264 e. The maximum atomic E-state index is 13.4. The number of amides is 1. The highest BCUT2D eigenvalue weighted by molar-refractivity contribution is 7.92. The van der Waals surface area contributed by atoms with Crippen molar-refractivity contribution < 1.29 is 17.9 Å². The molecule has 0 bridgehead atoms. The van der Waals surface area contributed by atoms with Crippen LogP contribution < -0.4 is 14.4 Å². The summed E-state index contributed by atoms with van der Waals surface area (Å²) >= 11 is 0. The van der Waals surface area contributed by atoms with Gasteiger partial charge >= 0.3 is 0 Å². The molecule has 0 saturated heterocycles. The summed E-state index contributed by atoms with van der Waals surface area (Å²) in [5.41, 5.74) is 2.46. The Kier molecular flexibility index (Phi) is 6.19. The molecule has 0 saturated carbocycles. The molecule has 1 amide bonds. The molecule has 1 aliphatic heterocycles. The van der Waals surface area contributed by atoms with Crippen molar-refractivity contribution in [3.63, 3.8) is 0 Å². The quantitative estimate of drug-likeness (QED) is 0.619. The van der Waals surface area contributed by atoms with E-state index in [1.54, 1.807) is 42.5 Å². The van der Waals surface area contributed by atoms with Crippen LogP contribution in [0.5, 0.6) is 5.75 Å². The molecule has 166 valence electrons. The SMILES string of the molecule is Cc1ccc2c(c1)N(S(=O)(=O)c1ccccc1)C[C@@H](C(=O)NC[C@H](C)c1ccccc1)O2. The number of benzene rings is 3. The Morgan fingerprint density at radius 3 is 2.41 bits per heavy atom. The summed E-state index contributed by atoms with van der Waals surface area (Å²) in [6, 6.07) is 23.4. The van der Waals surface area contributed by atoms with Crippen LogP contribution in [0.1, 0.15) is 24.0 Å². The van der Waals surface area contributed by atoms with E-state index in [9.17, 15) is 13.2 Å². The molecule has 0 radical (unpaired) electrons. The molecule has 1 heterocycles. The average Bonchev–Trinajstić information content (AvgIpc) is 2.82. The van der Waals surface area contributed by atoms with E-state index in [1.165, 1.54) is 4.31 Å². The Bertz CT molecular complexity index is 1200. The Hall–Kier alpha value is -3.32. The first-order valence-electron chi connectivity index (χ1n) is 10.5. The molecule has 1 N–H and O–H groups in total. The number of carbonyl (C=O) groups is 1. The topological polar surface area (TPSA) is 75.7 Å². The Balaban J connectivity index is 1.57. The van der Waals surface area contributed by atoms with Crippen molar-refractivity contribution in [3.8, 4) is 5.75 Å². The molecule has 3 aromatic rings. The van der Waals surface area contributed by atoms with Gasteiger partial charge in [0.25, 0.3) is 15.9 Å². The number of ether oxygens (including phenoxy) is 1. The summed E-state index contributed by atoms with van der Waals surface area (Å²) in [6.45, 7) is 4.24. The van der Waals surface area contributed by atoms with Crippen LogP contribution >= 0.6 is 0 Å². The smallest absolute Gasteiger partial charge is 0.264 e. The monoisotopic (exact) mass is 450 g/mol. The van der Waals surface area contributed by atoms with E-state index >= 15 is 0 Å². The van der Waals surface area contributed by atoms with E-state index in [0.717, 1.165) is 11.1 Å². The van der Waals surface area contributed by atoms with Crippen LogP contribution in [0.15, 0.2) is 83.8 Å². The molecule has 0 aromatic heterocycles. The minimum atomic E-state index is -3.86. The van der Waals surface area contributed by atoms with Gasteiger partial charge in [-0.1, -0.05) is 61.5 Å². The zero-order valence-corrected chi connectivity index (χ0v) is 18.9. The molecule has 4 rings (SSSR count). The molecular formula is C25H26N2O4S. The predicted octanol–water partition coefficient (Wildman–Crippen LogP) is 3.87. The summed E-state index contributed by atoms with van der Waals surface area (Å²) in [4.78, 5) is 13.1. The number of fused-ring (bicyclic) bond motifs is 1. The summed E-state index contributed by atoms with van der Waals surface area (Å²) < 4.78 is 34.0. The summed E-state index contributed by atoms with van der Waals surface area (Å²) in [7, 11) is -3.86. The van der Waals surface area contributed by atoms with Gasteiger partial charge in [0, 0.05) is 6.54 Å². The molecule has 2 atom stereocenters. The van der Waals surface area contributed by atoms with Crippen LogP contribution in [-0.4, -0.2) is 33.5 Å². The lowest BCUT2D eigenvalue weighted by molar-refractivity contribution is -0.127. The molecule has 0 aliphatic carbocycles. The van der Waals surface area contributed by atoms with Crippen molar-refractivity contribution in [3.05, 3.63) is 90.0 Å². The van der Waals surface area contributed by atoms with Crippen LogP contribution in [0, 0.1) is 6.92 Å². The second-order valence-corrected chi connectivity index (χ2v) is 9.85. The molecule has 3 aromatic carbocycles. The number of anilines is 1. The number of nitrogens with one attached hydrogen (secondary N) is 1. The number of hydrogen-bond donors (Lipinski definition) is 1. The second-order valence-electron chi connectivity index (χ2n) is 7.98. The highest BCUT2D eigenvalue weighted by Gasteiger charge is 2.37. The van der Waals surface area contributed by atoms with Gasteiger partial charge in [0.05, 0.1) is 17.1 Å². The summed E-state index contributed by atoms with van der Waals surface area (Å²) in [6.07, 6.45) is -0.952. The zero-order chi connectivity index (χ0) is 22.7. The van der Waals surface area contributed by atoms with Crippen molar-refractivity contribution in [2.75, 3.05) is 17.4 Å². The zero-order valence-electron chi connectivity index (χ0n) is 18.1. The second kappa shape index (κ2) is 9.04. The van der Waals surface area contributed by atoms with Crippen LogP contribution in [-0.2, 0) is 14.8 Å². The van der Waals surface area contributed by atoms with Crippen LogP contribution in [0.25, 0.3) is 0 Å². The van der Waals surface area contributed by atoms with Gasteiger partial charge in [-0.3, -0.25) is 9.10 Å². The third-order valence-electron chi connectivity index (χ3n) is 5.56. The highest BCUT2D eigenvalue weighted by Crippen LogP contribution is 2.37. The van der Waals surface area contributed by atoms with Gasteiger partial charge in [-0.05, 0) is 48.2 Å². The minimum absolute atomic E-state index is 0.0980. The van der Waals surface area contributed by atoms with E-state index in [4.69, 9.17) is 4.74 Å². The summed E-state index contributed by atoms with van der Waals surface area (Å²) in [5, 5.41) is 2.92. The molecule has 7 heteroatoms. The lowest BCUT2D eigenvalue weighted by Gasteiger charge is -2.35. The summed E-state index contributed by atoms with van der Waals surface area (Å²) in [5.74, 6) is 0.146. The number of sulfonamides is 1. The highest BCUT2D eigenvalue weighted by atomic mass is 32.2. The van der Waals surface area contributed by atoms with Crippen molar-refractivity contribution in [2.24, 2.45) is 0 Å². The maximum absolute atomic E-state index is 13.4. The van der Waals surface area contributed by atoms with Gasteiger partial charge in [-0.15, -0.1) is 0 Å². The van der Waals surface area contributed by atoms with Gasteiger partial charge in [0.2, 0.25) is 0 Å². The molecular weight excluding hydrogens is 424 g/mol. The van der Waals surface area contributed by atoms with Crippen LogP contribution in [0.4, 0.5) is 5.69 Å². The molecule has 0 spiro atoms. The van der Waals surface area contributed by atoms with Gasteiger partial charge in [0.1, 0.15) is 5.75 Å². The largest absolute Gasteiger partial charge is 0.476 e. The average molecular weight is 451 g/mol. The normalized spacial score (nSPS) is 16.6. The first kappa shape index (κ1) is 21.9. The van der Waals surface area contributed by atoms with Crippen molar-refractivity contribution in [2.45, 2.75) is 30.8 Å². The first-order chi connectivity index (χ1) is 15.4. The van der Waals surface area contributed by atoms with Crippen LogP contribution in [0.3, 0.4) is 0 Å². The predicted molar refractivity (Wildman–Crippen MR) is 124 cm³/mol. The van der Waals surface area contributed by atoms with Crippen LogP contribution in [0.2, 0.25) is 0 Å². The minimum Gasteiger partial charge on any atom is -0.476 e. The molecule has 32 heavy (non-hydrogen) atoms. The fourth-order valence-corrected chi connectivity index (χ4v) is 5.20. The Morgan fingerprint density at radius 1 is 1.06 bits per heavy atom. The Morgan fingerprint density at radius 2 is 1.72 bits per heavy atom. The van der Waals surface area contributed by atoms with Crippen molar-refractivity contribution in [1.82, 2.24) is 5.32 Å². The van der Waals surface area contributed by atoms with E-state index in [2.05, 4.69) is 5.32 Å². The standard InChI is InChI=1S/C25H26N2O4S/c1-18-13-14-23-22(15-18)27(32(29,30)21-11-7-4-8-12-21)17-24(31-23)25(28)26-16-19(2)20-9-5-3-6-10-20/h3-15,19,24H,16-17H2,1-2H3,(H,26,28)/t19-,24-/m0/s1. The van der Waals surface area contributed by atoms with Gasteiger partial charge in [-0.2, -0.15) is 0 Å². The molecule has 1 aliphatic rings. The van der Waals surface area contributed by atoms with E-state index in [1.807, 2.05) is 50.2 Å². The van der Waals surface area contributed by atoms with E-state index in [-0.39, 0.29) is 23.3 Å². The molecule has 6 nitrogen and oxygen atoms in total. The number of nitrogens with zero attached hydrogens (tertiary/aromatic N) is 1. The third kappa shape index (κ3) is 4.48. The van der Waals surface area contributed by atoms with Gasteiger partial charge in [0.15, 0.2) is 6.10 Å². The number of hydrogen-bond acceptors (Lipinski definition) is 4. The van der Waals surface area contributed by atoms with Crippen molar-refractivity contribution in [1.29, 1.82) is 0 Å². The lowest BCUT2D eigenvalue weighted by Crippen LogP contribution is -2.51.